The van der Waals surface area contributed by atoms with Crippen molar-refractivity contribution in [3.63, 3.8) is 0 Å². The van der Waals surface area contributed by atoms with Crippen LogP contribution in [0.5, 0.6) is 0 Å². The van der Waals surface area contributed by atoms with Crippen molar-refractivity contribution >= 4 is 48.1 Å². The summed E-state index contributed by atoms with van der Waals surface area (Å²) in [7, 11) is 11.0. The molecule has 0 nitrogen and oxygen atoms in total. The fourth-order valence-electron chi connectivity index (χ4n) is 8.11. The molecule has 0 unspecified atom stereocenters. The molecule has 1 fully saturated rings. The molecule has 0 N–H and O–H groups in total. The fourth-order valence-corrected chi connectivity index (χ4v) is 8.11. The molecule has 1 saturated carbocycles. The van der Waals surface area contributed by atoms with Crippen LogP contribution in [0, 0.1) is 5.92 Å². The van der Waals surface area contributed by atoms with E-state index in [1.54, 1.807) is 23.8 Å². The zero-order valence-electron chi connectivity index (χ0n) is 35.7. The van der Waals surface area contributed by atoms with E-state index in [1.807, 2.05) is 19.1 Å². The van der Waals surface area contributed by atoms with Gasteiger partial charge in [-0.3, -0.25) is 0 Å². The van der Waals surface area contributed by atoms with Crippen molar-refractivity contribution in [2.75, 3.05) is 0 Å². The molecule has 0 heterocycles. The third-order valence-electron chi connectivity index (χ3n) is 11.4. The second-order valence-corrected chi connectivity index (χ2v) is 21.5. The number of hydrogen-bond donors (Lipinski definition) is 0. The molecule has 332 valence electrons. The molecule has 0 aliphatic heterocycles. The molecular weight excluding hydrogens is 950 g/mol. The van der Waals surface area contributed by atoms with E-state index in [0.29, 0.717) is 17.4 Å². The third kappa shape index (κ3) is 11.7. The Morgan fingerprint density at radius 3 is 1.42 bits per heavy atom. The molecule has 13 heteroatoms. The Balaban J connectivity index is 0.000000244. The van der Waals surface area contributed by atoms with Gasteiger partial charge in [0.15, 0.2) is 0 Å². The van der Waals surface area contributed by atoms with Crippen LogP contribution in [0.25, 0.3) is 43.8 Å². The van der Waals surface area contributed by atoms with Gasteiger partial charge in [0.25, 0.3) is 5.41 Å². The molecule has 0 amide bonds. The minimum absolute atomic E-state index is 0.204. The molecule has 62 heavy (non-hydrogen) atoms. The van der Waals surface area contributed by atoms with Crippen LogP contribution in [0.1, 0.15) is 88.5 Å². The average Bonchev–Trinajstić information content (AvgIpc) is 3.83. The molecule has 0 atom stereocenters. The molecule has 0 bridgehead atoms. The van der Waals surface area contributed by atoms with Crippen LogP contribution < -0.4 is 0 Å². The SMILES string of the molecule is CC1CCC(c2cc3c(-c4ccc(C(C)(C)C)cc4)cccc3[cH-]2)CC1.CCc1cc2c(-c3ccc(C(C(F)(F)F)(C(F)(F)F)C(F)(F)F)cc3)cccc2[cH-]1.C[Si]C.[Cl][Zr+2][Cl]. The maximum absolute atomic E-state index is 13.3. The Bertz CT molecular complexity index is 2270. The summed E-state index contributed by atoms with van der Waals surface area (Å²) in [5.41, 5.74) is -0.367. The van der Waals surface area contributed by atoms with Gasteiger partial charge in [-0.05, 0) is 58.8 Å². The van der Waals surface area contributed by atoms with Crippen LogP contribution >= 0.6 is 17.0 Å². The van der Waals surface area contributed by atoms with E-state index >= 15 is 0 Å². The number of rotatable bonds is 5. The maximum atomic E-state index is 13.3. The van der Waals surface area contributed by atoms with Gasteiger partial charge < -0.3 is 0 Å². The van der Waals surface area contributed by atoms with Crippen LogP contribution in [-0.4, -0.2) is 28.0 Å². The molecule has 1 aliphatic carbocycles. The number of halogens is 11. The molecule has 0 spiro atoms. The van der Waals surface area contributed by atoms with Gasteiger partial charge in [0.1, 0.15) is 0 Å². The van der Waals surface area contributed by atoms with E-state index in [4.69, 9.17) is 17.0 Å². The van der Waals surface area contributed by atoms with Gasteiger partial charge in [-0.15, -0.1) is 69.1 Å². The van der Waals surface area contributed by atoms with Crippen molar-refractivity contribution in [3.8, 4) is 22.3 Å². The van der Waals surface area contributed by atoms with Crippen LogP contribution in [0.3, 0.4) is 0 Å². The molecular formula is C49H51Cl2F9SiZr. The first-order valence-corrected chi connectivity index (χ1v) is 28.7. The summed E-state index contributed by atoms with van der Waals surface area (Å²) in [5.74, 6) is 1.67. The van der Waals surface area contributed by atoms with Crippen LogP contribution in [0.15, 0.2) is 109 Å². The van der Waals surface area contributed by atoms with Crippen molar-refractivity contribution in [2.45, 2.75) is 115 Å². The average molecular weight is 1000 g/mol. The van der Waals surface area contributed by atoms with Gasteiger partial charge in [-0.1, -0.05) is 132 Å². The second kappa shape index (κ2) is 21.4. The van der Waals surface area contributed by atoms with Crippen molar-refractivity contribution in [1.82, 2.24) is 0 Å². The van der Waals surface area contributed by atoms with Gasteiger partial charge in [0.05, 0.1) is 0 Å². The topological polar surface area (TPSA) is 0 Å². The van der Waals surface area contributed by atoms with E-state index < -0.39 is 50.4 Å². The summed E-state index contributed by atoms with van der Waals surface area (Å²) in [6.07, 6.45) is -13.7. The van der Waals surface area contributed by atoms with E-state index in [0.717, 1.165) is 44.4 Å². The predicted octanol–water partition coefficient (Wildman–Crippen LogP) is 17.7. The first-order valence-electron chi connectivity index (χ1n) is 20.3. The quantitative estimate of drug-likeness (QED) is 0.0917. The first kappa shape index (κ1) is 51.8. The monoisotopic (exact) mass is 998 g/mol. The Labute approximate surface area is 380 Å². The normalized spacial score (nSPS) is 16.0. The van der Waals surface area contributed by atoms with Crippen molar-refractivity contribution in [2.24, 2.45) is 5.92 Å². The van der Waals surface area contributed by atoms with Gasteiger partial charge >= 0.3 is 56.4 Å². The first-order chi connectivity index (χ1) is 29.0. The standard InChI is InChI=1S/C26H31.C21H14F9.C2H6Si.2ClH.Zr/c1-18-8-10-19(11-9-18)22-16-21-6-5-7-24(25(21)17-22)20-12-14-23(15-13-20)26(2,3)4;1-2-12-10-14-4-3-5-16(17(14)11-12)13-6-8-15(9-7-13)18(19(22,23)24,20(25,26)27)21(28,29)30;1-3-2;;;/h5-7,12-19H,8-11H2,1-4H3;3-11H,2H2,1H3;1-2H3;2*1H;/q2*-1;;;;+4/p-2. The van der Waals surface area contributed by atoms with Crippen molar-refractivity contribution < 1.29 is 60.4 Å². The zero-order chi connectivity index (χ0) is 46.3. The summed E-state index contributed by atoms with van der Waals surface area (Å²) in [6.45, 7) is 15.4. The summed E-state index contributed by atoms with van der Waals surface area (Å²) in [5, 5.41) is 4.33. The Morgan fingerprint density at radius 2 is 1.02 bits per heavy atom. The predicted molar refractivity (Wildman–Crippen MR) is 237 cm³/mol. The van der Waals surface area contributed by atoms with Gasteiger partial charge in [-0.2, -0.15) is 51.6 Å². The van der Waals surface area contributed by atoms with Crippen LogP contribution in [0.4, 0.5) is 39.5 Å². The summed E-state index contributed by atoms with van der Waals surface area (Å²) >= 11 is -0.826. The Kier molecular flexibility index (Phi) is 17.9. The zero-order valence-corrected chi connectivity index (χ0v) is 40.7. The van der Waals surface area contributed by atoms with Gasteiger partial charge in [0, 0.05) is 9.52 Å². The van der Waals surface area contributed by atoms with Crippen molar-refractivity contribution in [3.05, 3.63) is 131 Å². The summed E-state index contributed by atoms with van der Waals surface area (Å²) < 4.78 is 120. The van der Waals surface area contributed by atoms with Crippen LogP contribution in [-0.2, 0) is 38.1 Å². The molecule has 7 rings (SSSR count). The molecule has 6 aromatic rings. The van der Waals surface area contributed by atoms with E-state index in [1.165, 1.54) is 53.1 Å². The minimum atomic E-state index is -6.63. The third-order valence-corrected chi connectivity index (χ3v) is 11.4. The molecule has 6 aromatic carbocycles. The Hall–Kier alpha value is -2.85. The Morgan fingerprint density at radius 1 is 0.613 bits per heavy atom. The summed E-state index contributed by atoms with van der Waals surface area (Å²) in [4.78, 5) is 0. The van der Waals surface area contributed by atoms with Gasteiger partial charge in [-0.25, -0.2) is 0 Å². The molecule has 0 aromatic heterocycles. The number of fused-ring (bicyclic) bond motifs is 2. The molecule has 0 saturated heterocycles. The molecule has 1 aliphatic rings. The fraction of sp³-hybridized carbons (Fsp3) is 0.388. The van der Waals surface area contributed by atoms with E-state index in [9.17, 15) is 39.5 Å². The number of alkyl halides is 9. The molecule has 2 radical (unpaired) electrons. The van der Waals surface area contributed by atoms with Gasteiger partial charge in [0.2, 0.25) is 0 Å². The number of aryl methyl sites for hydroxylation is 1. The van der Waals surface area contributed by atoms with E-state index in [2.05, 4.69) is 95.4 Å². The summed E-state index contributed by atoms with van der Waals surface area (Å²) in [6, 6.07) is 31.8. The number of benzene rings is 4. The second-order valence-electron chi connectivity index (χ2n) is 16.8. The van der Waals surface area contributed by atoms with E-state index in [-0.39, 0.29) is 23.1 Å². The van der Waals surface area contributed by atoms with Crippen molar-refractivity contribution in [1.29, 1.82) is 0 Å². The van der Waals surface area contributed by atoms with Crippen LogP contribution in [0.2, 0.25) is 13.1 Å². The number of hydrogen-bond acceptors (Lipinski definition) is 0.